The Balaban J connectivity index is 2.50. The van der Waals surface area contributed by atoms with E-state index >= 15 is 0 Å². The quantitative estimate of drug-likeness (QED) is 0.675. The second-order valence-corrected chi connectivity index (χ2v) is 3.05. The largest absolute Gasteiger partial charge is 0.414 e. The van der Waals surface area contributed by atoms with Crippen molar-refractivity contribution in [3.05, 3.63) is 17.5 Å². The van der Waals surface area contributed by atoms with Crippen LogP contribution in [-0.2, 0) is 4.79 Å². The van der Waals surface area contributed by atoms with Gasteiger partial charge in [0.1, 0.15) is 6.04 Å². The predicted molar refractivity (Wildman–Crippen MR) is 43.6 cm³/mol. The fraction of sp³-hybridized carbons (Fsp3) is 0.286. The van der Waals surface area contributed by atoms with Crippen molar-refractivity contribution in [1.82, 2.24) is 0 Å². The lowest BCUT2D eigenvalue weighted by molar-refractivity contribution is -0.135. The molecule has 60 valence electrons. The molecule has 0 bridgehead atoms. The van der Waals surface area contributed by atoms with Gasteiger partial charge in [0.15, 0.2) is 5.06 Å². The van der Waals surface area contributed by atoms with Gasteiger partial charge >= 0.3 is 5.97 Å². The second-order valence-electron chi connectivity index (χ2n) is 2.14. The van der Waals surface area contributed by atoms with Crippen molar-refractivity contribution in [3.63, 3.8) is 0 Å². The highest BCUT2D eigenvalue weighted by Crippen LogP contribution is 2.18. The van der Waals surface area contributed by atoms with Crippen molar-refractivity contribution in [2.75, 3.05) is 0 Å². The van der Waals surface area contributed by atoms with Gasteiger partial charge in [0.2, 0.25) is 0 Å². The molecule has 3 nitrogen and oxygen atoms in total. The Kier molecular flexibility index (Phi) is 2.62. The zero-order valence-corrected chi connectivity index (χ0v) is 6.93. The summed E-state index contributed by atoms with van der Waals surface area (Å²) >= 11 is 1.37. The molecule has 4 heteroatoms. The van der Waals surface area contributed by atoms with Crippen molar-refractivity contribution in [2.24, 2.45) is 5.73 Å². The third-order valence-corrected chi connectivity index (χ3v) is 1.81. The molecule has 0 amide bonds. The van der Waals surface area contributed by atoms with Crippen LogP contribution in [0.3, 0.4) is 0 Å². The molecule has 11 heavy (non-hydrogen) atoms. The summed E-state index contributed by atoms with van der Waals surface area (Å²) in [6, 6.07) is 2.98. The molecule has 1 heterocycles. The van der Waals surface area contributed by atoms with Crippen LogP contribution in [0.15, 0.2) is 17.5 Å². The lowest BCUT2D eigenvalue weighted by Gasteiger charge is -2.02. The Morgan fingerprint density at radius 1 is 1.82 bits per heavy atom. The minimum atomic E-state index is -0.558. The third-order valence-electron chi connectivity index (χ3n) is 1.07. The molecular weight excluding hydrogens is 162 g/mol. The average Bonchev–Trinajstić information content (AvgIpc) is 2.39. The van der Waals surface area contributed by atoms with E-state index in [0.717, 1.165) is 0 Å². The molecule has 0 aliphatic carbocycles. The number of thiophene rings is 1. The Hall–Kier alpha value is -0.870. The fourth-order valence-corrected chi connectivity index (χ4v) is 1.09. The normalized spacial score (nSPS) is 12.5. The third kappa shape index (κ3) is 2.32. The summed E-state index contributed by atoms with van der Waals surface area (Å²) in [5.41, 5.74) is 5.28. The first-order chi connectivity index (χ1) is 5.20. The van der Waals surface area contributed by atoms with Crippen molar-refractivity contribution in [3.8, 4) is 5.06 Å². The molecule has 1 atom stereocenters. The summed E-state index contributed by atoms with van der Waals surface area (Å²) in [7, 11) is 0. The van der Waals surface area contributed by atoms with Crippen LogP contribution in [-0.4, -0.2) is 12.0 Å². The molecule has 0 unspecified atom stereocenters. The van der Waals surface area contributed by atoms with E-state index in [9.17, 15) is 4.79 Å². The predicted octanol–water partition coefficient (Wildman–Crippen LogP) is 1.00. The summed E-state index contributed by atoms with van der Waals surface area (Å²) in [5.74, 6) is -0.396. The SMILES string of the molecule is C[C@H](N)C(=O)Oc1cccs1. The van der Waals surface area contributed by atoms with Gasteiger partial charge in [-0.25, -0.2) is 4.79 Å². The van der Waals surface area contributed by atoms with Crippen LogP contribution in [0.2, 0.25) is 0 Å². The lowest BCUT2D eigenvalue weighted by Crippen LogP contribution is -2.30. The summed E-state index contributed by atoms with van der Waals surface area (Å²) in [5, 5.41) is 2.43. The van der Waals surface area contributed by atoms with E-state index in [1.807, 2.05) is 11.4 Å². The van der Waals surface area contributed by atoms with Gasteiger partial charge in [0.05, 0.1) is 0 Å². The standard InChI is InChI=1S/C7H9NO2S/c1-5(8)7(9)10-6-3-2-4-11-6/h2-5H,8H2,1H3/t5-/m0/s1. The zero-order valence-electron chi connectivity index (χ0n) is 6.11. The Bertz CT molecular complexity index is 231. The number of hydrogen-bond donors (Lipinski definition) is 1. The maximum atomic E-state index is 10.9. The van der Waals surface area contributed by atoms with E-state index in [2.05, 4.69) is 0 Å². The molecule has 0 radical (unpaired) electrons. The van der Waals surface area contributed by atoms with Crippen molar-refractivity contribution >= 4 is 17.3 Å². The first-order valence-electron chi connectivity index (χ1n) is 3.21. The lowest BCUT2D eigenvalue weighted by atomic mass is 10.4. The van der Waals surface area contributed by atoms with E-state index in [4.69, 9.17) is 10.5 Å². The number of esters is 1. The Labute approximate surface area is 68.8 Å². The van der Waals surface area contributed by atoms with Crippen molar-refractivity contribution in [1.29, 1.82) is 0 Å². The van der Waals surface area contributed by atoms with Crippen molar-refractivity contribution < 1.29 is 9.53 Å². The van der Waals surface area contributed by atoms with E-state index in [-0.39, 0.29) is 0 Å². The highest BCUT2D eigenvalue weighted by Gasteiger charge is 2.09. The van der Waals surface area contributed by atoms with E-state index in [1.165, 1.54) is 11.3 Å². The second kappa shape index (κ2) is 3.50. The van der Waals surface area contributed by atoms with Crippen LogP contribution >= 0.6 is 11.3 Å². The molecule has 1 rings (SSSR count). The van der Waals surface area contributed by atoms with Gasteiger partial charge < -0.3 is 10.5 Å². The minimum Gasteiger partial charge on any atom is -0.414 e. The number of hydrogen-bond acceptors (Lipinski definition) is 4. The topological polar surface area (TPSA) is 52.3 Å². The molecule has 0 spiro atoms. The van der Waals surface area contributed by atoms with Gasteiger partial charge in [0.25, 0.3) is 0 Å². The molecule has 0 saturated carbocycles. The van der Waals surface area contributed by atoms with E-state index in [1.54, 1.807) is 13.0 Å². The first kappa shape index (κ1) is 8.23. The smallest absolute Gasteiger partial charge is 0.328 e. The molecule has 0 fully saturated rings. The number of carbonyl (C=O) groups is 1. The number of carbonyl (C=O) groups excluding carboxylic acids is 1. The maximum Gasteiger partial charge on any atom is 0.328 e. The van der Waals surface area contributed by atoms with Gasteiger partial charge in [-0.05, 0) is 24.4 Å². The Morgan fingerprint density at radius 3 is 3.00 bits per heavy atom. The summed E-state index contributed by atoms with van der Waals surface area (Å²) in [4.78, 5) is 10.9. The fourth-order valence-electron chi connectivity index (χ4n) is 0.514. The highest BCUT2D eigenvalue weighted by atomic mass is 32.1. The number of ether oxygens (including phenoxy) is 1. The monoisotopic (exact) mass is 171 g/mol. The Morgan fingerprint density at radius 2 is 2.55 bits per heavy atom. The van der Waals surface area contributed by atoms with Crippen LogP contribution in [0.1, 0.15) is 6.92 Å². The molecule has 0 aromatic carbocycles. The molecule has 0 aliphatic rings. The van der Waals surface area contributed by atoms with Crippen LogP contribution in [0.25, 0.3) is 0 Å². The van der Waals surface area contributed by atoms with E-state index in [0.29, 0.717) is 5.06 Å². The van der Waals surface area contributed by atoms with Gasteiger partial charge in [0, 0.05) is 0 Å². The summed E-state index contributed by atoms with van der Waals surface area (Å²) < 4.78 is 4.87. The molecule has 2 N–H and O–H groups in total. The average molecular weight is 171 g/mol. The molecule has 1 aromatic rings. The minimum absolute atomic E-state index is 0.396. The van der Waals surface area contributed by atoms with Crippen molar-refractivity contribution in [2.45, 2.75) is 13.0 Å². The summed E-state index contributed by atoms with van der Waals surface area (Å²) in [6.07, 6.45) is 0. The molecule has 0 aliphatic heterocycles. The van der Waals surface area contributed by atoms with Gasteiger partial charge in [-0.1, -0.05) is 0 Å². The molecule has 0 saturated heterocycles. The van der Waals surface area contributed by atoms with Crippen LogP contribution in [0.5, 0.6) is 5.06 Å². The first-order valence-corrected chi connectivity index (χ1v) is 4.09. The van der Waals surface area contributed by atoms with Crippen LogP contribution < -0.4 is 10.5 Å². The highest BCUT2D eigenvalue weighted by molar-refractivity contribution is 7.11. The van der Waals surface area contributed by atoms with E-state index < -0.39 is 12.0 Å². The van der Waals surface area contributed by atoms with Gasteiger partial charge in [-0.15, -0.1) is 11.3 Å². The molecule has 1 aromatic heterocycles. The zero-order chi connectivity index (χ0) is 8.27. The van der Waals surface area contributed by atoms with Gasteiger partial charge in [-0.3, -0.25) is 0 Å². The summed E-state index contributed by atoms with van der Waals surface area (Å²) in [6.45, 7) is 1.59. The number of rotatable bonds is 2. The van der Waals surface area contributed by atoms with Crippen LogP contribution in [0, 0.1) is 0 Å². The molecular formula is C7H9NO2S. The van der Waals surface area contributed by atoms with Crippen LogP contribution in [0.4, 0.5) is 0 Å². The van der Waals surface area contributed by atoms with Gasteiger partial charge in [-0.2, -0.15) is 0 Å². The maximum absolute atomic E-state index is 10.9. The number of nitrogens with two attached hydrogens (primary N) is 1.